The van der Waals surface area contributed by atoms with Crippen molar-refractivity contribution in [2.24, 2.45) is 0 Å². The molecule has 7 nitrogen and oxygen atoms in total. The van der Waals surface area contributed by atoms with Crippen LogP contribution in [-0.2, 0) is 25.5 Å². The molecule has 2 rings (SSSR count). The van der Waals surface area contributed by atoms with Crippen molar-refractivity contribution in [1.82, 2.24) is 9.88 Å². The summed E-state index contributed by atoms with van der Waals surface area (Å²) < 4.78 is 66.3. The van der Waals surface area contributed by atoms with E-state index >= 15 is 0 Å². The number of carbonyl (C=O) groups excluding carboxylic acids is 1. The first kappa shape index (κ1) is 22.7. The molecule has 1 aliphatic heterocycles. The zero-order chi connectivity index (χ0) is 20.9. The highest BCUT2D eigenvalue weighted by Gasteiger charge is 2.34. The van der Waals surface area contributed by atoms with Crippen molar-refractivity contribution in [2.45, 2.75) is 25.1 Å². The Morgan fingerprint density at radius 2 is 2.18 bits per heavy atom. The quantitative estimate of drug-likeness (QED) is 0.662. The summed E-state index contributed by atoms with van der Waals surface area (Å²) in [4.78, 5) is 17.7. The summed E-state index contributed by atoms with van der Waals surface area (Å²) in [6.07, 6.45) is -3.52. The lowest BCUT2D eigenvalue weighted by atomic mass is 10.2. The Bertz CT molecular complexity index is 805. The van der Waals surface area contributed by atoms with E-state index in [2.05, 4.69) is 10.3 Å². The van der Waals surface area contributed by atoms with Gasteiger partial charge >= 0.3 is 6.18 Å². The Morgan fingerprint density at radius 3 is 2.71 bits per heavy atom. The summed E-state index contributed by atoms with van der Waals surface area (Å²) in [7, 11) is -1.67. The van der Waals surface area contributed by atoms with Gasteiger partial charge in [0.15, 0.2) is 9.84 Å². The molecular formula is C16H21ClF3N3O4S. The molecular weight excluding hydrogens is 423 g/mol. The van der Waals surface area contributed by atoms with Crippen molar-refractivity contribution in [3.05, 3.63) is 22.8 Å². The molecule has 0 saturated carbocycles. The number of hydrogen-bond acceptors (Lipinski definition) is 6. The van der Waals surface area contributed by atoms with Crippen molar-refractivity contribution in [2.75, 3.05) is 43.6 Å². The molecule has 1 N–H and O–H groups in total. The topological polar surface area (TPSA) is 88.6 Å². The number of pyridine rings is 1. The number of halogens is 4. The van der Waals surface area contributed by atoms with E-state index in [1.54, 1.807) is 0 Å². The number of alkyl halides is 3. The number of rotatable bonds is 8. The van der Waals surface area contributed by atoms with Gasteiger partial charge in [-0.3, -0.25) is 4.79 Å². The van der Waals surface area contributed by atoms with Crippen molar-refractivity contribution in [1.29, 1.82) is 0 Å². The van der Waals surface area contributed by atoms with Crippen LogP contribution in [0.1, 0.15) is 18.4 Å². The van der Waals surface area contributed by atoms with Gasteiger partial charge in [0.25, 0.3) is 0 Å². The lowest BCUT2D eigenvalue weighted by Crippen LogP contribution is -2.43. The van der Waals surface area contributed by atoms with E-state index in [9.17, 15) is 26.4 Å². The molecule has 0 spiro atoms. The number of methoxy groups -OCH3 is 1. The van der Waals surface area contributed by atoms with Crippen LogP contribution in [0.4, 0.5) is 19.0 Å². The number of ether oxygens (including phenoxy) is 1. The average Bonchev–Trinajstić information content (AvgIpc) is 2.95. The number of anilines is 1. The normalized spacial score (nSPS) is 18.8. The molecule has 1 aromatic rings. The molecule has 1 amide bonds. The summed E-state index contributed by atoms with van der Waals surface area (Å²) in [6.45, 7) is 0.608. The van der Waals surface area contributed by atoms with Gasteiger partial charge in [-0.15, -0.1) is 0 Å². The predicted molar refractivity (Wildman–Crippen MR) is 98.0 cm³/mol. The standard InChI is InChI=1S/C16H21ClF3N3O4S/c1-27-6-5-23(12-3-7-28(25,26)10-12)14(24)2-4-21-15-13(17)8-11(9-22-15)16(18,19)20/h8-9,12H,2-7,10H2,1H3,(H,21,22)/t12-/m0/s1. The highest BCUT2D eigenvalue weighted by molar-refractivity contribution is 7.91. The van der Waals surface area contributed by atoms with Gasteiger partial charge < -0.3 is 15.0 Å². The third-order valence-electron chi connectivity index (χ3n) is 4.31. The SMILES string of the molecule is COCCN(C(=O)CCNc1ncc(C(F)(F)F)cc1Cl)[C@H]1CCS(=O)(=O)C1. The van der Waals surface area contributed by atoms with Crippen LogP contribution < -0.4 is 5.32 Å². The van der Waals surface area contributed by atoms with Gasteiger partial charge in [-0.1, -0.05) is 11.6 Å². The Labute approximate surface area is 166 Å². The molecule has 1 saturated heterocycles. The average molecular weight is 444 g/mol. The second-order valence-electron chi connectivity index (χ2n) is 6.37. The molecule has 0 unspecified atom stereocenters. The van der Waals surface area contributed by atoms with Gasteiger partial charge in [0, 0.05) is 38.9 Å². The van der Waals surface area contributed by atoms with E-state index in [0.717, 1.165) is 6.07 Å². The molecule has 0 bridgehead atoms. The number of nitrogens with zero attached hydrogens (tertiary/aromatic N) is 2. The molecule has 158 valence electrons. The van der Waals surface area contributed by atoms with Crippen LogP contribution in [0.15, 0.2) is 12.3 Å². The van der Waals surface area contributed by atoms with E-state index in [4.69, 9.17) is 16.3 Å². The van der Waals surface area contributed by atoms with Gasteiger partial charge in [-0.05, 0) is 12.5 Å². The fourth-order valence-electron chi connectivity index (χ4n) is 2.88. The van der Waals surface area contributed by atoms with Crippen LogP contribution in [-0.4, -0.2) is 68.6 Å². The summed E-state index contributed by atoms with van der Waals surface area (Å²) >= 11 is 5.81. The van der Waals surface area contributed by atoms with Crippen LogP contribution in [0.5, 0.6) is 0 Å². The maximum absolute atomic E-state index is 12.6. The fourth-order valence-corrected chi connectivity index (χ4v) is 4.84. The fraction of sp³-hybridized carbons (Fsp3) is 0.625. The maximum atomic E-state index is 12.6. The minimum absolute atomic E-state index is 0.000701. The number of nitrogens with one attached hydrogen (secondary N) is 1. The monoisotopic (exact) mass is 443 g/mol. The number of carbonyl (C=O) groups is 1. The molecule has 1 atom stereocenters. The first-order valence-corrected chi connectivity index (χ1v) is 10.7. The summed E-state index contributed by atoms with van der Waals surface area (Å²) in [5.41, 5.74) is -0.965. The van der Waals surface area contributed by atoms with E-state index < -0.39 is 27.6 Å². The summed E-state index contributed by atoms with van der Waals surface area (Å²) in [5.74, 6) is -0.288. The molecule has 12 heteroatoms. The minimum atomic E-state index is -4.55. The smallest absolute Gasteiger partial charge is 0.383 e. The van der Waals surface area contributed by atoms with Crippen LogP contribution in [0.3, 0.4) is 0 Å². The van der Waals surface area contributed by atoms with Gasteiger partial charge in [-0.25, -0.2) is 13.4 Å². The van der Waals surface area contributed by atoms with Crippen molar-refractivity contribution in [3.63, 3.8) is 0 Å². The molecule has 0 aromatic carbocycles. The zero-order valence-corrected chi connectivity index (χ0v) is 16.7. The van der Waals surface area contributed by atoms with Gasteiger partial charge in [0.05, 0.1) is 28.7 Å². The highest BCUT2D eigenvalue weighted by Crippen LogP contribution is 2.32. The molecule has 2 heterocycles. The predicted octanol–water partition coefficient (Wildman–Crippen LogP) is 2.22. The van der Waals surface area contributed by atoms with E-state index in [0.29, 0.717) is 12.6 Å². The molecule has 1 fully saturated rings. The summed E-state index contributed by atoms with van der Waals surface area (Å²) in [6, 6.07) is 0.355. The van der Waals surface area contributed by atoms with Gasteiger partial charge in [0.2, 0.25) is 5.91 Å². The van der Waals surface area contributed by atoms with Gasteiger partial charge in [-0.2, -0.15) is 13.2 Å². The number of hydrogen-bond donors (Lipinski definition) is 1. The van der Waals surface area contributed by atoms with Crippen molar-refractivity contribution < 1.29 is 31.1 Å². The molecule has 0 aliphatic carbocycles. The largest absolute Gasteiger partial charge is 0.417 e. The Morgan fingerprint density at radius 1 is 1.46 bits per heavy atom. The molecule has 1 aliphatic rings. The third-order valence-corrected chi connectivity index (χ3v) is 6.34. The van der Waals surface area contributed by atoms with Crippen LogP contribution in [0.25, 0.3) is 0 Å². The van der Waals surface area contributed by atoms with Gasteiger partial charge in [0.1, 0.15) is 5.82 Å². The zero-order valence-electron chi connectivity index (χ0n) is 15.1. The number of sulfone groups is 1. The van der Waals surface area contributed by atoms with Crippen molar-refractivity contribution in [3.8, 4) is 0 Å². The lowest BCUT2D eigenvalue weighted by Gasteiger charge is -2.28. The third kappa shape index (κ3) is 6.21. The lowest BCUT2D eigenvalue weighted by molar-refractivity contribution is -0.137. The maximum Gasteiger partial charge on any atom is 0.417 e. The molecule has 28 heavy (non-hydrogen) atoms. The van der Waals surface area contributed by atoms with Crippen molar-refractivity contribution >= 4 is 33.2 Å². The second-order valence-corrected chi connectivity index (χ2v) is 9.00. The Hall–Kier alpha value is -1.59. The van der Waals surface area contributed by atoms with Crippen LogP contribution in [0.2, 0.25) is 5.02 Å². The molecule has 0 radical (unpaired) electrons. The summed E-state index contributed by atoms with van der Waals surface area (Å²) in [5, 5.41) is 2.52. The van der Waals surface area contributed by atoms with Crippen LogP contribution in [0, 0.1) is 0 Å². The molecule has 1 aromatic heterocycles. The first-order chi connectivity index (χ1) is 13.0. The van der Waals surface area contributed by atoms with E-state index in [1.165, 1.54) is 12.0 Å². The highest BCUT2D eigenvalue weighted by atomic mass is 35.5. The first-order valence-electron chi connectivity index (χ1n) is 8.49. The number of amides is 1. The van der Waals surface area contributed by atoms with Crippen LogP contribution >= 0.6 is 11.6 Å². The van der Waals surface area contributed by atoms with E-state index in [-0.39, 0.29) is 54.4 Å². The number of aromatic nitrogens is 1. The second kappa shape index (κ2) is 9.27. The minimum Gasteiger partial charge on any atom is -0.383 e. The Balaban J connectivity index is 1.95. The van der Waals surface area contributed by atoms with E-state index in [1.807, 2.05) is 0 Å². The Kier molecular flexibility index (Phi) is 7.52.